The number of nitrogens with one attached hydrogen (secondary N) is 1. The van der Waals surface area contributed by atoms with Crippen molar-refractivity contribution in [1.82, 2.24) is 0 Å². The largest absolute Gasteiger partial charge is 0.309 e. The zero-order valence-electron chi connectivity index (χ0n) is 6.31. The predicted molar refractivity (Wildman–Crippen MR) is 43.4 cm³/mol. The van der Waals surface area contributed by atoms with Crippen LogP contribution in [0, 0.1) is 5.41 Å². The monoisotopic (exact) mass is 126 g/mol. The van der Waals surface area contributed by atoms with Crippen molar-refractivity contribution in [2.24, 2.45) is 4.99 Å². The average molecular weight is 126 g/mol. The van der Waals surface area contributed by atoms with Crippen molar-refractivity contribution in [1.29, 1.82) is 5.41 Å². The second-order valence-electron chi connectivity index (χ2n) is 1.13. The van der Waals surface area contributed by atoms with Gasteiger partial charge in [0.15, 0.2) is 0 Å². The van der Waals surface area contributed by atoms with E-state index in [2.05, 4.69) is 11.7 Å². The van der Waals surface area contributed by atoms with Gasteiger partial charge in [-0.15, -0.1) is 0 Å². The highest BCUT2D eigenvalue weighted by molar-refractivity contribution is 5.68. The summed E-state index contributed by atoms with van der Waals surface area (Å²) in [7, 11) is 0. The van der Waals surface area contributed by atoms with E-state index in [1.165, 1.54) is 6.21 Å². The summed E-state index contributed by atoms with van der Waals surface area (Å²) in [5, 5.41) is 6.55. The first-order valence-electron chi connectivity index (χ1n) is 2.95. The van der Waals surface area contributed by atoms with E-state index in [1.54, 1.807) is 13.0 Å². The minimum Gasteiger partial charge on any atom is -0.309 e. The molecule has 0 fully saturated rings. The molecular formula is C7H14N2. The maximum atomic E-state index is 6.55. The van der Waals surface area contributed by atoms with Crippen LogP contribution in [0.1, 0.15) is 20.8 Å². The molecule has 0 aromatic heterocycles. The lowest BCUT2D eigenvalue weighted by atomic mass is 10.5. The lowest BCUT2D eigenvalue weighted by Crippen LogP contribution is -1.65. The Balaban J connectivity index is 0. The van der Waals surface area contributed by atoms with Gasteiger partial charge in [-0.05, 0) is 19.7 Å². The van der Waals surface area contributed by atoms with E-state index >= 15 is 0 Å². The Labute approximate surface area is 56.8 Å². The zero-order valence-corrected chi connectivity index (χ0v) is 6.31. The van der Waals surface area contributed by atoms with Crippen molar-refractivity contribution in [3.8, 4) is 0 Å². The van der Waals surface area contributed by atoms with Crippen LogP contribution in [-0.2, 0) is 0 Å². The standard InChI is InChI=1S/C5H8N2.C2H6/c1-5(7-2)3-4-6;1-2/h3-4,6H,2H2,1H3;1-2H3/b5-3-,6-4?;. The van der Waals surface area contributed by atoms with E-state index in [4.69, 9.17) is 5.41 Å². The van der Waals surface area contributed by atoms with Gasteiger partial charge in [0.05, 0.1) is 0 Å². The Kier molecular flexibility index (Phi) is 12.3. The molecule has 0 aliphatic rings. The summed E-state index contributed by atoms with van der Waals surface area (Å²) in [5.74, 6) is 0. The van der Waals surface area contributed by atoms with Gasteiger partial charge in [-0.25, -0.2) is 0 Å². The van der Waals surface area contributed by atoms with Crippen LogP contribution < -0.4 is 0 Å². The Morgan fingerprint density at radius 1 is 1.56 bits per heavy atom. The van der Waals surface area contributed by atoms with Gasteiger partial charge in [0.1, 0.15) is 0 Å². The molecule has 0 radical (unpaired) electrons. The second-order valence-corrected chi connectivity index (χ2v) is 1.13. The van der Waals surface area contributed by atoms with Crippen LogP contribution in [0.25, 0.3) is 0 Å². The number of allylic oxidation sites excluding steroid dienone is 2. The SMILES string of the molecule is C=N/C(C)=C\C=N.CC. The summed E-state index contributed by atoms with van der Waals surface area (Å²) in [4.78, 5) is 3.54. The molecule has 0 saturated heterocycles. The molecule has 0 rings (SSSR count). The average Bonchev–Trinajstić information content (AvgIpc) is 1.93. The van der Waals surface area contributed by atoms with Crippen LogP contribution in [0.2, 0.25) is 0 Å². The van der Waals surface area contributed by atoms with Crippen LogP contribution in [0.15, 0.2) is 16.8 Å². The van der Waals surface area contributed by atoms with E-state index in [1.807, 2.05) is 13.8 Å². The van der Waals surface area contributed by atoms with Crippen molar-refractivity contribution in [2.75, 3.05) is 0 Å². The van der Waals surface area contributed by atoms with Gasteiger partial charge < -0.3 is 5.41 Å². The third-order valence-corrected chi connectivity index (χ3v) is 0.574. The zero-order chi connectivity index (χ0) is 7.70. The number of hydrogen-bond donors (Lipinski definition) is 1. The highest BCUT2D eigenvalue weighted by Crippen LogP contribution is 1.86. The molecule has 0 unspecified atom stereocenters. The molecule has 9 heavy (non-hydrogen) atoms. The Bertz CT molecular complexity index is 103. The fourth-order valence-electron chi connectivity index (χ4n) is 0.173. The summed E-state index contributed by atoms with van der Waals surface area (Å²) in [5.41, 5.74) is 0.773. The van der Waals surface area contributed by atoms with Crippen LogP contribution in [-0.4, -0.2) is 12.9 Å². The molecule has 52 valence electrons. The van der Waals surface area contributed by atoms with Gasteiger partial charge >= 0.3 is 0 Å². The molecule has 2 nitrogen and oxygen atoms in total. The van der Waals surface area contributed by atoms with Crippen molar-refractivity contribution in [3.05, 3.63) is 11.8 Å². The van der Waals surface area contributed by atoms with E-state index in [9.17, 15) is 0 Å². The van der Waals surface area contributed by atoms with Crippen molar-refractivity contribution in [3.63, 3.8) is 0 Å². The molecule has 1 N–H and O–H groups in total. The highest BCUT2D eigenvalue weighted by Gasteiger charge is 1.70. The van der Waals surface area contributed by atoms with Gasteiger partial charge in [0.2, 0.25) is 0 Å². The van der Waals surface area contributed by atoms with Gasteiger partial charge in [-0.2, -0.15) is 0 Å². The molecule has 2 heteroatoms. The first kappa shape index (κ1) is 11.0. The van der Waals surface area contributed by atoms with Crippen LogP contribution in [0.3, 0.4) is 0 Å². The topological polar surface area (TPSA) is 36.2 Å². The fourth-order valence-corrected chi connectivity index (χ4v) is 0.173. The number of rotatable bonds is 2. The summed E-state index contributed by atoms with van der Waals surface area (Å²) in [6, 6.07) is 0. The van der Waals surface area contributed by atoms with Gasteiger partial charge in [0.25, 0.3) is 0 Å². The van der Waals surface area contributed by atoms with E-state index < -0.39 is 0 Å². The molecule has 0 aromatic rings. The maximum absolute atomic E-state index is 6.55. The van der Waals surface area contributed by atoms with Gasteiger partial charge in [0, 0.05) is 11.9 Å². The van der Waals surface area contributed by atoms with Crippen molar-refractivity contribution >= 4 is 12.9 Å². The molecule has 0 saturated carbocycles. The smallest absolute Gasteiger partial charge is 0.0380 e. The minimum absolute atomic E-state index is 0.773. The molecular weight excluding hydrogens is 112 g/mol. The molecule has 0 amide bonds. The van der Waals surface area contributed by atoms with Gasteiger partial charge in [-0.3, -0.25) is 4.99 Å². The van der Waals surface area contributed by atoms with Crippen LogP contribution in [0.5, 0.6) is 0 Å². The Hall–Kier alpha value is -0.920. The molecule has 0 aromatic carbocycles. The number of nitrogens with zero attached hydrogens (tertiary/aromatic N) is 1. The van der Waals surface area contributed by atoms with Crippen LogP contribution >= 0.6 is 0 Å². The molecule has 0 atom stereocenters. The second kappa shape index (κ2) is 10.1. The quantitative estimate of drug-likeness (QED) is 0.551. The fraction of sp³-hybridized carbons (Fsp3) is 0.429. The van der Waals surface area contributed by atoms with Gasteiger partial charge in [-0.1, -0.05) is 13.8 Å². The normalized spacial score (nSPS) is 9.00. The third-order valence-electron chi connectivity index (χ3n) is 0.574. The predicted octanol–water partition coefficient (Wildman–Crippen LogP) is 2.27. The Morgan fingerprint density at radius 2 is 2.00 bits per heavy atom. The molecule has 0 heterocycles. The summed E-state index contributed by atoms with van der Waals surface area (Å²) < 4.78 is 0. The minimum atomic E-state index is 0.773. The Morgan fingerprint density at radius 3 is 2.11 bits per heavy atom. The van der Waals surface area contributed by atoms with E-state index in [0.717, 1.165) is 5.70 Å². The van der Waals surface area contributed by atoms with E-state index in [0.29, 0.717) is 0 Å². The molecule has 0 spiro atoms. The van der Waals surface area contributed by atoms with Crippen molar-refractivity contribution in [2.45, 2.75) is 20.8 Å². The highest BCUT2D eigenvalue weighted by atomic mass is 14.7. The third kappa shape index (κ3) is 11.0. The summed E-state index contributed by atoms with van der Waals surface area (Å²) in [6.07, 6.45) is 2.76. The number of hydrogen-bond acceptors (Lipinski definition) is 2. The van der Waals surface area contributed by atoms with E-state index in [-0.39, 0.29) is 0 Å². The summed E-state index contributed by atoms with van der Waals surface area (Å²) in [6.45, 7) is 9.05. The van der Waals surface area contributed by atoms with Crippen LogP contribution in [0.4, 0.5) is 0 Å². The first-order valence-corrected chi connectivity index (χ1v) is 2.95. The molecule has 0 bridgehead atoms. The lowest BCUT2D eigenvalue weighted by Gasteiger charge is -1.79. The maximum Gasteiger partial charge on any atom is 0.0380 e. The molecule has 0 aliphatic carbocycles. The lowest BCUT2D eigenvalue weighted by molar-refractivity contribution is 1.33. The molecule has 0 aliphatic heterocycles. The van der Waals surface area contributed by atoms with Crippen molar-refractivity contribution < 1.29 is 0 Å². The first-order chi connectivity index (χ1) is 4.31. The number of aliphatic imine (C=N–C) groups is 1. The summed E-state index contributed by atoms with van der Waals surface area (Å²) >= 11 is 0.